The summed E-state index contributed by atoms with van der Waals surface area (Å²) >= 11 is 0. The average molecular weight is 202 g/mol. The molecule has 84 valence electrons. The summed E-state index contributed by atoms with van der Waals surface area (Å²) in [5.74, 6) is -0.345. The summed E-state index contributed by atoms with van der Waals surface area (Å²) in [4.78, 5) is 10.7. The van der Waals surface area contributed by atoms with Crippen LogP contribution in [0.2, 0.25) is 0 Å². The summed E-state index contributed by atoms with van der Waals surface area (Å²) in [5.41, 5.74) is 10.2. The van der Waals surface area contributed by atoms with Gasteiger partial charge in [0.25, 0.3) is 0 Å². The zero-order chi connectivity index (χ0) is 11.4. The van der Waals surface area contributed by atoms with Crippen LogP contribution in [0.15, 0.2) is 0 Å². The summed E-state index contributed by atoms with van der Waals surface area (Å²) in [6.07, 6.45) is 0.993. The summed E-state index contributed by atoms with van der Waals surface area (Å²) < 4.78 is 5.54. The normalized spacial score (nSPS) is 12.9. The van der Waals surface area contributed by atoms with Gasteiger partial charge in [-0.1, -0.05) is 0 Å². The number of carbonyl (C=O) groups is 1. The van der Waals surface area contributed by atoms with Gasteiger partial charge in [0.15, 0.2) is 0 Å². The van der Waals surface area contributed by atoms with Crippen molar-refractivity contribution in [2.75, 3.05) is 6.61 Å². The molecule has 0 spiro atoms. The van der Waals surface area contributed by atoms with Gasteiger partial charge in [-0.05, 0) is 34.1 Å². The summed E-state index contributed by atoms with van der Waals surface area (Å²) in [6, 6.07) is 0. The SMILES string of the molecule is CC(C)(N)CCOC(C)(C)CC(N)=O. The monoisotopic (exact) mass is 202 g/mol. The molecule has 0 aliphatic rings. The first-order chi connectivity index (χ1) is 6.12. The van der Waals surface area contributed by atoms with E-state index in [0.29, 0.717) is 6.61 Å². The van der Waals surface area contributed by atoms with Crippen LogP contribution in [-0.2, 0) is 9.53 Å². The second-order valence-electron chi connectivity index (χ2n) is 4.99. The first-order valence-corrected chi connectivity index (χ1v) is 4.83. The fourth-order valence-corrected chi connectivity index (χ4v) is 1.06. The van der Waals surface area contributed by atoms with Crippen molar-refractivity contribution < 1.29 is 9.53 Å². The van der Waals surface area contributed by atoms with Crippen molar-refractivity contribution in [2.24, 2.45) is 11.5 Å². The van der Waals surface area contributed by atoms with E-state index in [-0.39, 0.29) is 17.9 Å². The molecule has 0 atom stereocenters. The lowest BCUT2D eigenvalue weighted by Crippen LogP contribution is -2.36. The number of rotatable bonds is 6. The highest BCUT2D eigenvalue weighted by Crippen LogP contribution is 2.15. The molecule has 0 radical (unpaired) electrons. The molecule has 0 rings (SSSR count). The van der Waals surface area contributed by atoms with E-state index in [1.807, 2.05) is 27.7 Å². The van der Waals surface area contributed by atoms with E-state index in [4.69, 9.17) is 16.2 Å². The van der Waals surface area contributed by atoms with E-state index in [9.17, 15) is 4.79 Å². The van der Waals surface area contributed by atoms with E-state index in [0.717, 1.165) is 6.42 Å². The Balaban J connectivity index is 3.82. The predicted octanol–water partition coefficient (Wildman–Crippen LogP) is 0.784. The minimum atomic E-state index is -0.489. The van der Waals surface area contributed by atoms with Crippen LogP contribution in [0.5, 0.6) is 0 Å². The number of hydrogen-bond acceptors (Lipinski definition) is 3. The maximum atomic E-state index is 10.7. The molecule has 0 saturated carbocycles. The summed E-state index contributed by atoms with van der Waals surface area (Å²) in [5, 5.41) is 0. The topological polar surface area (TPSA) is 78.3 Å². The van der Waals surface area contributed by atoms with Gasteiger partial charge in [0, 0.05) is 12.1 Å². The van der Waals surface area contributed by atoms with Crippen LogP contribution in [0.4, 0.5) is 0 Å². The van der Waals surface area contributed by atoms with Crippen LogP contribution in [-0.4, -0.2) is 23.7 Å². The number of ether oxygens (including phenoxy) is 1. The Morgan fingerprint density at radius 1 is 1.29 bits per heavy atom. The standard InChI is InChI=1S/C10H22N2O2/c1-9(2,12)5-6-14-10(3,4)7-8(11)13/h5-7,12H2,1-4H3,(H2,11,13). The zero-order valence-corrected chi connectivity index (χ0v) is 9.59. The van der Waals surface area contributed by atoms with Crippen LogP contribution in [0.1, 0.15) is 40.5 Å². The maximum absolute atomic E-state index is 10.7. The largest absolute Gasteiger partial charge is 0.375 e. The molecule has 14 heavy (non-hydrogen) atoms. The van der Waals surface area contributed by atoms with Crippen LogP contribution >= 0.6 is 0 Å². The maximum Gasteiger partial charge on any atom is 0.220 e. The van der Waals surface area contributed by atoms with Gasteiger partial charge < -0.3 is 16.2 Å². The molecule has 0 aromatic heterocycles. The first-order valence-electron chi connectivity index (χ1n) is 4.83. The van der Waals surface area contributed by atoms with Crippen molar-refractivity contribution in [1.29, 1.82) is 0 Å². The molecular formula is C10H22N2O2. The molecule has 0 aliphatic carbocycles. The minimum Gasteiger partial charge on any atom is -0.375 e. The highest BCUT2D eigenvalue weighted by molar-refractivity contribution is 5.74. The Labute approximate surface area is 86.0 Å². The smallest absolute Gasteiger partial charge is 0.220 e. The van der Waals surface area contributed by atoms with E-state index >= 15 is 0 Å². The molecule has 0 aromatic rings. The fourth-order valence-electron chi connectivity index (χ4n) is 1.06. The zero-order valence-electron chi connectivity index (χ0n) is 9.59. The van der Waals surface area contributed by atoms with Gasteiger partial charge in [0.2, 0.25) is 5.91 Å². The highest BCUT2D eigenvalue weighted by atomic mass is 16.5. The van der Waals surface area contributed by atoms with E-state index in [1.54, 1.807) is 0 Å². The number of amides is 1. The van der Waals surface area contributed by atoms with Gasteiger partial charge >= 0.3 is 0 Å². The van der Waals surface area contributed by atoms with Gasteiger partial charge in [-0.2, -0.15) is 0 Å². The van der Waals surface area contributed by atoms with E-state index in [1.165, 1.54) is 0 Å². The summed E-state index contributed by atoms with van der Waals surface area (Å²) in [7, 11) is 0. The highest BCUT2D eigenvalue weighted by Gasteiger charge is 2.22. The second kappa shape index (κ2) is 4.75. The molecule has 0 fully saturated rings. The third kappa shape index (κ3) is 8.01. The van der Waals surface area contributed by atoms with Gasteiger partial charge in [-0.15, -0.1) is 0 Å². The van der Waals surface area contributed by atoms with Crippen molar-refractivity contribution in [1.82, 2.24) is 0 Å². The third-order valence-electron chi connectivity index (χ3n) is 1.84. The Morgan fingerprint density at radius 2 is 1.79 bits per heavy atom. The van der Waals surface area contributed by atoms with Crippen molar-refractivity contribution >= 4 is 5.91 Å². The molecule has 0 aromatic carbocycles. The van der Waals surface area contributed by atoms with Crippen LogP contribution < -0.4 is 11.5 Å². The van der Waals surface area contributed by atoms with Crippen molar-refractivity contribution in [3.63, 3.8) is 0 Å². The number of nitrogens with two attached hydrogens (primary N) is 2. The summed E-state index contributed by atoms with van der Waals surface area (Å²) in [6.45, 7) is 8.13. The molecule has 0 aliphatic heterocycles. The minimum absolute atomic E-state index is 0.233. The Bertz CT molecular complexity index is 195. The number of hydrogen-bond donors (Lipinski definition) is 2. The fraction of sp³-hybridized carbons (Fsp3) is 0.900. The lowest BCUT2D eigenvalue weighted by molar-refractivity contribution is -0.124. The van der Waals surface area contributed by atoms with Gasteiger partial charge in [0.1, 0.15) is 0 Å². The third-order valence-corrected chi connectivity index (χ3v) is 1.84. The van der Waals surface area contributed by atoms with Crippen molar-refractivity contribution in [3.05, 3.63) is 0 Å². The molecular weight excluding hydrogens is 180 g/mol. The molecule has 4 nitrogen and oxygen atoms in total. The molecule has 0 unspecified atom stereocenters. The van der Waals surface area contributed by atoms with Crippen molar-refractivity contribution in [2.45, 2.75) is 51.7 Å². The molecule has 0 saturated heterocycles. The van der Waals surface area contributed by atoms with Gasteiger partial charge in [-0.3, -0.25) is 4.79 Å². The Morgan fingerprint density at radius 3 is 2.14 bits per heavy atom. The quantitative estimate of drug-likeness (QED) is 0.668. The molecule has 4 N–H and O–H groups in total. The van der Waals surface area contributed by atoms with Crippen LogP contribution in [0.3, 0.4) is 0 Å². The van der Waals surface area contributed by atoms with Gasteiger partial charge in [0.05, 0.1) is 12.0 Å². The van der Waals surface area contributed by atoms with Crippen LogP contribution in [0.25, 0.3) is 0 Å². The molecule has 0 heterocycles. The molecule has 4 heteroatoms. The lowest BCUT2D eigenvalue weighted by atomic mass is 10.0. The van der Waals surface area contributed by atoms with E-state index < -0.39 is 5.60 Å². The first kappa shape index (κ1) is 13.4. The van der Waals surface area contributed by atoms with Crippen molar-refractivity contribution in [3.8, 4) is 0 Å². The second-order valence-corrected chi connectivity index (χ2v) is 4.99. The van der Waals surface area contributed by atoms with E-state index in [2.05, 4.69) is 0 Å². The molecule has 0 bridgehead atoms. The lowest BCUT2D eigenvalue weighted by Gasteiger charge is -2.26. The molecule has 1 amide bonds. The number of carbonyl (C=O) groups excluding carboxylic acids is 1. The predicted molar refractivity (Wildman–Crippen MR) is 56.7 cm³/mol. The van der Waals surface area contributed by atoms with Crippen LogP contribution in [0, 0.1) is 0 Å². The Hall–Kier alpha value is -0.610. The van der Waals surface area contributed by atoms with Gasteiger partial charge in [-0.25, -0.2) is 0 Å². The average Bonchev–Trinajstić information content (AvgIpc) is 1.78. The Kier molecular flexibility index (Phi) is 4.55. The number of primary amides is 1.